The molecule has 0 heterocycles. The Hall–Kier alpha value is 0.640. The Morgan fingerprint density at radius 2 is 2.00 bits per heavy atom. The van der Waals surface area contributed by atoms with Gasteiger partial charge in [-0.1, -0.05) is 0 Å². The lowest BCUT2D eigenvalue weighted by Gasteiger charge is -1.75. The van der Waals surface area contributed by atoms with Gasteiger partial charge in [-0.25, -0.2) is 0 Å². The molecule has 0 fully saturated rings. The number of halogens is 1. The normalized spacial score (nSPS) is 15.8. The highest BCUT2D eigenvalue weighted by atomic mass is 35.5. The summed E-state index contributed by atoms with van der Waals surface area (Å²) in [5.74, 6) is 0. The Balaban J connectivity index is 2.32. The van der Waals surface area contributed by atoms with Crippen LogP contribution in [0.3, 0.4) is 0 Å². The minimum Gasteiger partial charge on any atom is -0.160 e. The van der Waals surface area contributed by atoms with Crippen LogP contribution in [0.5, 0.6) is 0 Å². The van der Waals surface area contributed by atoms with E-state index in [4.69, 9.17) is 11.6 Å². The third-order valence-corrected chi connectivity index (χ3v) is 0. The van der Waals surface area contributed by atoms with E-state index in [1.54, 1.807) is 6.92 Å². The standard InChI is InChI=1S/C2H5ClS/c1-2(3)4/h2,4H,1H3. The predicted octanol–water partition coefficient (Wildman–Crippen LogP) is 1.50. The molecule has 0 rings (SSSR count). The average molecular weight is 96.6 g/mol. The van der Waals surface area contributed by atoms with Crippen LogP contribution in [0.1, 0.15) is 6.92 Å². The highest BCUT2D eigenvalue weighted by molar-refractivity contribution is 7.82. The minimum absolute atomic E-state index is 0.000000000000000222. The first-order valence-electron chi connectivity index (χ1n) is 1.05. The maximum Gasteiger partial charge on any atom is 0.0731 e. The fraction of sp³-hybridized carbons (Fsp3) is 1.00. The Labute approximate surface area is 36.6 Å². The van der Waals surface area contributed by atoms with Crippen LogP contribution in [-0.2, 0) is 0 Å². The number of alkyl halides is 1. The Kier molecular flexibility index (Phi) is 2.22. The summed E-state index contributed by atoms with van der Waals surface area (Å²) in [7, 11) is 0. The fourth-order valence-electron chi connectivity index (χ4n) is 0. The third kappa shape index (κ3) is 17.3. The van der Waals surface area contributed by atoms with Gasteiger partial charge in [0.1, 0.15) is 0 Å². The van der Waals surface area contributed by atoms with E-state index < -0.39 is 0 Å². The molecule has 4 heavy (non-hydrogen) atoms. The lowest BCUT2D eigenvalue weighted by atomic mass is 11.0. The van der Waals surface area contributed by atoms with Crippen molar-refractivity contribution in [3.05, 3.63) is 0 Å². The van der Waals surface area contributed by atoms with E-state index in [0.717, 1.165) is 0 Å². The highest BCUT2D eigenvalue weighted by Crippen LogP contribution is 1.94. The molecule has 0 nitrogen and oxygen atoms in total. The number of hydrogen-bond acceptors (Lipinski definition) is 1. The molecule has 0 aliphatic carbocycles. The molecule has 0 bridgehead atoms. The van der Waals surface area contributed by atoms with Gasteiger partial charge < -0.3 is 0 Å². The molecular formula is C2H5ClS. The molecule has 0 aliphatic heterocycles. The molecule has 0 amide bonds. The van der Waals surface area contributed by atoms with Crippen molar-refractivity contribution < 1.29 is 0 Å². The molecule has 0 saturated carbocycles. The summed E-state index contributed by atoms with van der Waals surface area (Å²) in [6.07, 6.45) is 0. The number of thiol groups is 1. The molecule has 2 heteroatoms. The molecule has 0 saturated heterocycles. The molecule has 0 aromatic carbocycles. The van der Waals surface area contributed by atoms with Crippen LogP contribution >= 0.6 is 24.2 Å². The van der Waals surface area contributed by atoms with Crippen LogP contribution in [0.25, 0.3) is 0 Å². The van der Waals surface area contributed by atoms with Crippen molar-refractivity contribution in [1.82, 2.24) is 0 Å². The van der Waals surface area contributed by atoms with Gasteiger partial charge in [-0.2, -0.15) is 12.6 Å². The molecule has 1 atom stereocenters. The second kappa shape index (κ2) is 1.91. The van der Waals surface area contributed by atoms with Gasteiger partial charge in [-0.3, -0.25) is 0 Å². The smallest absolute Gasteiger partial charge is 0.0731 e. The van der Waals surface area contributed by atoms with Crippen LogP contribution in [0.15, 0.2) is 0 Å². The summed E-state index contributed by atoms with van der Waals surface area (Å²) in [5.41, 5.74) is 0. The van der Waals surface area contributed by atoms with Crippen molar-refractivity contribution in [2.24, 2.45) is 0 Å². The second-order valence-electron chi connectivity index (χ2n) is 0.574. The predicted molar refractivity (Wildman–Crippen MR) is 24.3 cm³/mol. The lowest BCUT2D eigenvalue weighted by Crippen LogP contribution is -1.63. The first-order chi connectivity index (χ1) is 1.73. The molecule has 0 aromatic heterocycles. The molecular weight excluding hydrogens is 91.5 g/mol. The van der Waals surface area contributed by atoms with Gasteiger partial charge in [0.2, 0.25) is 0 Å². The zero-order chi connectivity index (χ0) is 3.58. The zero-order valence-electron chi connectivity index (χ0n) is 2.40. The van der Waals surface area contributed by atoms with Crippen molar-refractivity contribution in [1.29, 1.82) is 0 Å². The lowest BCUT2D eigenvalue weighted by molar-refractivity contribution is 1.42. The Morgan fingerprint density at radius 3 is 2.00 bits per heavy atom. The molecule has 0 aliphatic rings. The quantitative estimate of drug-likeness (QED) is 0.343. The third-order valence-electron chi connectivity index (χ3n) is 0. The van der Waals surface area contributed by atoms with E-state index in [-0.39, 0.29) is 4.71 Å². The fourth-order valence-corrected chi connectivity index (χ4v) is 0. The summed E-state index contributed by atoms with van der Waals surface area (Å²) >= 11 is 8.87. The van der Waals surface area contributed by atoms with Crippen LogP contribution < -0.4 is 0 Å². The average Bonchev–Trinajstić information content (AvgIpc) is 0.811. The van der Waals surface area contributed by atoms with Gasteiger partial charge in [0.25, 0.3) is 0 Å². The van der Waals surface area contributed by atoms with E-state index in [2.05, 4.69) is 12.6 Å². The summed E-state index contributed by atoms with van der Waals surface area (Å²) < 4.78 is -0.000000000000000222. The summed E-state index contributed by atoms with van der Waals surface area (Å²) in [4.78, 5) is 0. The van der Waals surface area contributed by atoms with Crippen molar-refractivity contribution in [3.8, 4) is 0 Å². The van der Waals surface area contributed by atoms with Gasteiger partial charge in [-0.05, 0) is 6.92 Å². The van der Waals surface area contributed by atoms with Gasteiger partial charge in [0, 0.05) is 0 Å². The maximum absolute atomic E-state index is 5.14. The van der Waals surface area contributed by atoms with E-state index >= 15 is 0 Å². The monoisotopic (exact) mass is 96.0 g/mol. The summed E-state index contributed by atoms with van der Waals surface area (Å²) in [6, 6.07) is 0. The zero-order valence-corrected chi connectivity index (χ0v) is 4.05. The highest BCUT2D eigenvalue weighted by Gasteiger charge is 1.72. The summed E-state index contributed by atoms with van der Waals surface area (Å²) in [6.45, 7) is 1.80. The second-order valence-corrected chi connectivity index (χ2v) is 2.31. The van der Waals surface area contributed by atoms with Crippen LogP contribution in [0.4, 0.5) is 0 Å². The summed E-state index contributed by atoms with van der Waals surface area (Å²) in [5, 5.41) is 0. The van der Waals surface area contributed by atoms with Gasteiger partial charge >= 0.3 is 0 Å². The van der Waals surface area contributed by atoms with Crippen molar-refractivity contribution in [2.75, 3.05) is 0 Å². The minimum atomic E-state index is -0.000000000000000222. The Morgan fingerprint density at radius 1 is 2.00 bits per heavy atom. The van der Waals surface area contributed by atoms with Crippen molar-refractivity contribution >= 4 is 24.2 Å². The van der Waals surface area contributed by atoms with Crippen molar-refractivity contribution in [3.63, 3.8) is 0 Å². The molecule has 26 valence electrons. The van der Waals surface area contributed by atoms with Crippen LogP contribution in [-0.4, -0.2) is 4.71 Å². The molecule has 1 unspecified atom stereocenters. The first-order valence-corrected chi connectivity index (χ1v) is 2.01. The molecule has 0 N–H and O–H groups in total. The molecule has 0 spiro atoms. The number of hydrogen-bond donors (Lipinski definition) is 1. The molecule has 0 radical (unpaired) electrons. The molecule has 0 aromatic rings. The van der Waals surface area contributed by atoms with E-state index in [9.17, 15) is 0 Å². The Bertz CT molecular complexity index is 10.8. The van der Waals surface area contributed by atoms with Gasteiger partial charge in [0.15, 0.2) is 0 Å². The number of rotatable bonds is 0. The van der Waals surface area contributed by atoms with E-state index in [1.807, 2.05) is 0 Å². The van der Waals surface area contributed by atoms with Crippen molar-refractivity contribution in [2.45, 2.75) is 11.6 Å². The van der Waals surface area contributed by atoms with Gasteiger partial charge in [0.05, 0.1) is 4.71 Å². The SMILES string of the molecule is CC(S)Cl. The van der Waals surface area contributed by atoms with E-state index in [0.29, 0.717) is 0 Å². The first kappa shape index (κ1) is 4.64. The van der Waals surface area contributed by atoms with Crippen LogP contribution in [0, 0.1) is 0 Å². The van der Waals surface area contributed by atoms with E-state index in [1.165, 1.54) is 0 Å². The largest absolute Gasteiger partial charge is 0.160 e. The van der Waals surface area contributed by atoms with Crippen LogP contribution in [0.2, 0.25) is 0 Å². The maximum atomic E-state index is 5.14. The van der Waals surface area contributed by atoms with Gasteiger partial charge in [-0.15, -0.1) is 11.6 Å². The topological polar surface area (TPSA) is 0 Å².